The summed E-state index contributed by atoms with van der Waals surface area (Å²) in [6, 6.07) is 0. The average molecular weight is 285 g/mol. The lowest BCUT2D eigenvalue weighted by Crippen LogP contribution is -2.61. The molecule has 0 bridgehead atoms. The highest BCUT2D eigenvalue weighted by atomic mass is 16.4. The molecule has 0 aromatic carbocycles. The van der Waals surface area contributed by atoms with Gasteiger partial charge in [-0.3, -0.25) is 4.79 Å². The largest absolute Gasteiger partial charge is 0.480 e. The molecule has 7 N–H and O–H groups in total. The van der Waals surface area contributed by atoms with E-state index in [9.17, 15) is 9.90 Å². The Balaban J connectivity index is 0.00000200. The van der Waals surface area contributed by atoms with Crippen molar-refractivity contribution < 1.29 is 20.4 Å². The minimum absolute atomic E-state index is 0. The molecule has 3 unspecified atom stereocenters. The quantitative estimate of drug-likeness (QED) is 0.406. The fraction of sp³-hybridized carbons (Fsp3) is 0.923. The van der Waals surface area contributed by atoms with E-state index in [1.807, 2.05) is 0 Å². The molecule has 1 saturated heterocycles. The lowest BCUT2D eigenvalue weighted by Gasteiger charge is -2.46. The standard InChI is InChI=1S/C13H24BN2O3.H2O/c15-13(11(17)18)6-5-12(4-2-8-16-12)9-10(13)3-1-7-14-19;/h10,16,19H,1-9,15H2,(H,17,18);1H2. The van der Waals surface area contributed by atoms with Crippen LogP contribution < -0.4 is 11.1 Å². The van der Waals surface area contributed by atoms with Gasteiger partial charge in [0.25, 0.3) is 7.48 Å². The Morgan fingerprint density at radius 2 is 2.15 bits per heavy atom. The molecule has 0 aromatic rings. The Bertz CT molecular complexity index is 336. The van der Waals surface area contributed by atoms with E-state index < -0.39 is 11.5 Å². The molecule has 1 radical (unpaired) electrons. The van der Waals surface area contributed by atoms with Crippen molar-refractivity contribution in [3.8, 4) is 0 Å². The third kappa shape index (κ3) is 3.34. The van der Waals surface area contributed by atoms with Crippen LogP contribution in [0.15, 0.2) is 0 Å². The number of nitrogens with two attached hydrogens (primary N) is 1. The van der Waals surface area contributed by atoms with Gasteiger partial charge < -0.3 is 26.7 Å². The molecule has 2 aliphatic rings. The van der Waals surface area contributed by atoms with Crippen LogP contribution in [0.4, 0.5) is 0 Å². The second-order valence-corrected chi connectivity index (χ2v) is 6.17. The maximum atomic E-state index is 11.5. The van der Waals surface area contributed by atoms with Crippen LogP contribution >= 0.6 is 0 Å². The average Bonchev–Trinajstić information content (AvgIpc) is 2.83. The normalized spacial score (nSPS) is 36.6. The zero-order valence-corrected chi connectivity index (χ0v) is 11.9. The highest BCUT2D eigenvalue weighted by Crippen LogP contribution is 2.44. The van der Waals surface area contributed by atoms with Crippen molar-refractivity contribution >= 4 is 13.5 Å². The number of hydrogen-bond acceptors (Lipinski definition) is 4. The third-order valence-corrected chi connectivity index (χ3v) is 5.00. The van der Waals surface area contributed by atoms with E-state index in [0.717, 1.165) is 46.1 Å². The lowest BCUT2D eigenvalue weighted by atomic mass is 9.63. The molecule has 2 rings (SSSR count). The highest BCUT2D eigenvalue weighted by Gasteiger charge is 2.51. The number of hydrogen-bond donors (Lipinski definition) is 4. The summed E-state index contributed by atoms with van der Waals surface area (Å²) in [7, 11) is 1.14. The monoisotopic (exact) mass is 285 g/mol. The van der Waals surface area contributed by atoms with E-state index in [4.69, 9.17) is 10.8 Å². The summed E-state index contributed by atoms with van der Waals surface area (Å²) in [5, 5.41) is 21.8. The first-order chi connectivity index (χ1) is 9.02. The number of carbonyl (C=O) groups is 1. The maximum absolute atomic E-state index is 11.5. The van der Waals surface area contributed by atoms with Crippen molar-refractivity contribution in [3.05, 3.63) is 0 Å². The van der Waals surface area contributed by atoms with E-state index >= 15 is 0 Å². The second-order valence-electron chi connectivity index (χ2n) is 6.17. The molecule has 0 amide bonds. The van der Waals surface area contributed by atoms with Gasteiger partial charge in [-0.15, -0.1) is 0 Å². The van der Waals surface area contributed by atoms with E-state index in [0.29, 0.717) is 12.7 Å². The zero-order chi connectivity index (χ0) is 13.9. The molecular weight excluding hydrogens is 259 g/mol. The molecule has 115 valence electrons. The summed E-state index contributed by atoms with van der Waals surface area (Å²) in [6.45, 7) is 1.03. The Labute approximate surface area is 120 Å². The Morgan fingerprint density at radius 1 is 1.40 bits per heavy atom. The second kappa shape index (κ2) is 6.89. The van der Waals surface area contributed by atoms with Crippen LogP contribution in [-0.4, -0.2) is 46.7 Å². The SMILES string of the molecule is NC1(C(=O)O)CCC2(CCCN2)CC1CCC[B]O.O. The van der Waals surface area contributed by atoms with E-state index in [1.165, 1.54) is 6.42 Å². The zero-order valence-electron chi connectivity index (χ0n) is 11.9. The van der Waals surface area contributed by atoms with E-state index in [2.05, 4.69) is 5.32 Å². The van der Waals surface area contributed by atoms with E-state index in [-0.39, 0.29) is 16.9 Å². The molecule has 1 saturated carbocycles. The lowest BCUT2D eigenvalue weighted by molar-refractivity contribution is -0.148. The van der Waals surface area contributed by atoms with Gasteiger partial charge in [-0.1, -0.05) is 12.7 Å². The first kappa shape index (κ1) is 17.4. The van der Waals surface area contributed by atoms with Gasteiger partial charge in [0.05, 0.1) is 0 Å². The number of rotatable bonds is 5. The van der Waals surface area contributed by atoms with E-state index in [1.54, 1.807) is 0 Å². The molecule has 0 aromatic heterocycles. The first-order valence-electron chi connectivity index (χ1n) is 7.26. The van der Waals surface area contributed by atoms with Crippen molar-refractivity contribution in [2.24, 2.45) is 11.7 Å². The van der Waals surface area contributed by atoms with Crippen LogP contribution in [0.5, 0.6) is 0 Å². The maximum Gasteiger partial charge on any atom is 0.323 e. The van der Waals surface area contributed by atoms with Gasteiger partial charge in [0, 0.05) is 5.54 Å². The third-order valence-electron chi connectivity index (χ3n) is 5.00. The molecule has 1 spiro atoms. The number of aliphatic carboxylic acids is 1. The van der Waals surface area contributed by atoms with Crippen LogP contribution in [0.1, 0.15) is 44.9 Å². The molecule has 7 heteroatoms. The molecule has 2 fully saturated rings. The number of nitrogens with one attached hydrogen (secondary N) is 1. The van der Waals surface area contributed by atoms with Crippen molar-refractivity contribution in [1.82, 2.24) is 5.32 Å². The van der Waals surface area contributed by atoms with Crippen molar-refractivity contribution in [3.63, 3.8) is 0 Å². The Hall–Kier alpha value is -0.625. The van der Waals surface area contributed by atoms with Crippen LogP contribution in [0.25, 0.3) is 0 Å². The van der Waals surface area contributed by atoms with Crippen molar-refractivity contribution in [1.29, 1.82) is 0 Å². The number of carboxylic acids is 1. The van der Waals surface area contributed by atoms with Crippen molar-refractivity contribution in [2.75, 3.05) is 6.54 Å². The summed E-state index contributed by atoms with van der Waals surface area (Å²) >= 11 is 0. The van der Waals surface area contributed by atoms with Crippen LogP contribution in [-0.2, 0) is 4.79 Å². The fourth-order valence-corrected chi connectivity index (χ4v) is 3.76. The molecule has 6 nitrogen and oxygen atoms in total. The first-order valence-corrected chi connectivity index (χ1v) is 7.26. The summed E-state index contributed by atoms with van der Waals surface area (Å²) in [4.78, 5) is 11.5. The van der Waals surface area contributed by atoms with Crippen molar-refractivity contribution in [2.45, 2.75) is 62.3 Å². The summed E-state index contributed by atoms with van der Waals surface area (Å²) in [5.74, 6) is -0.886. The molecular formula is C13H26BN2O4. The smallest absolute Gasteiger partial charge is 0.323 e. The molecule has 3 atom stereocenters. The predicted molar refractivity (Wildman–Crippen MR) is 77.5 cm³/mol. The molecule has 20 heavy (non-hydrogen) atoms. The molecule has 1 heterocycles. The van der Waals surface area contributed by atoms with Gasteiger partial charge in [-0.25, -0.2) is 0 Å². The molecule has 1 aliphatic heterocycles. The Morgan fingerprint density at radius 3 is 2.70 bits per heavy atom. The molecule has 1 aliphatic carbocycles. The number of carboxylic acid groups (broad SMARTS) is 1. The van der Waals surface area contributed by atoms with Gasteiger partial charge in [0.15, 0.2) is 0 Å². The van der Waals surface area contributed by atoms with Crippen LogP contribution in [0.3, 0.4) is 0 Å². The van der Waals surface area contributed by atoms with Crippen LogP contribution in [0, 0.1) is 5.92 Å². The predicted octanol–water partition coefficient (Wildman–Crippen LogP) is -0.324. The van der Waals surface area contributed by atoms with Gasteiger partial charge in [0.1, 0.15) is 5.54 Å². The van der Waals surface area contributed by atoms with Gasteiger partial charge in [-0.05, 0) is 51.0 Å². The topological polar surface area (TPSA) is 127 Å². The van der Waals surface area contributed by atoms with Gasteiger partial charge >= 0.3 is 5.97 Å². The Kier molecular flexibility index (Phi) is 6.00. The van der Waals surface area contributed by atoms with Gasteiger partial charge in [-0.2, -0.15) is 0 Å². The minimum atomic E-state index is -1.09. The summed E-state index contributed by atoms with van der Waals surface area (Å²) in [5.41, 5.74) is 5.20. The fourth-order valence-electron chi connectivity index (χ4n) is 3.76. The highest BCUT2D eigenvalue weighted by molar-refractivity contribution is 6.25. The van der Waals surface area contributed by atoms with Crippen LogP contribution in [0.2, 0.25) is 6.32 Å². The summed E-state index contributed by atoms with van der Waals surface area (Å²) in [6.07, 6.45) is 6.72. The minimum Gasteiger partial charge on any atom is -0.480 e. The van der Waals surface area contributed by atoms with Gasteiger partial charge in [0.2, 0.25) is 0 Å². The summed E-state index contributed by atoms with van der Waals surface area (Å²) < 4.78 is 0.